The molecule has 0 saturated heterocycles. The van der Waals surface area contributed by atoms with Gasteiger partial charge in [-0.3, -0.25) is 4.79 Å². The number of carbonyl (C=O) groups excluding carboxylic acids is 1. The van der Waals surface area contributed by atoms with Crippen LogP contribution in [0.2, 0.25) is 5.02 Å². The Balaban J connectivity index is 1.92. The first kappa shape index (κ1) is 19.7. The van der Waals surface area contributed by atoms with E-state index in [0.717, 1.165) is 9.13 Å². The van der Waals surface area contributed by atoms with Gasteiger partial charge in [-0.1, -0.05) is 29.8 Å². The summed E-state index contributed by atoms with van der Waals surface area (Å²) >= 11 is 8.04. The van der Waals surface area contributed by atoms with E-state index in [1.807, 2.05) is 19.1 Å². The Kier molecular flexibility index (Phi) is 5.43. The number of esters is 1. The van der Waals surface area contributed by atoms with Crippen molar-refractivity contribution in [3.05, 3.63) is 96.7 Å². The van der Waals surface area contributed by atoms with Crippen molar-refractivity contribution in [1.82, 2.24) is 0 Å². The molecule has 0 spiro atoms. The van der Waals surface area contributed by atoms with Crippen molar-refractivity contribution in [1.29, 1.82) is 0 Å². The number of carbonyl (C=O) groups is 1. The van der Waals surface area contributed by atoms with E-state index in [1.54, 1.807) is 54.6 Å². The minimum absolute atomic E-state index is 0.145. The van der Waals surface area contributed by atoms with E-state index in [0.29, 0.717) is 27.1 Å². The Morgan fingerprint density at radius 1 is 1.03 bits per heavy atom. The van der Waals surface area contributed by atoms with Crippen molar-refractivity contribution < 1.29 is 13.9 Å². The fourth-order valence-corrected chi connectivity index (χ4v) is 3.68. The lowest BCUT2D eigenvalue weighted by molar-refractivity contribution is 0.0730. The highest BCUT2D eigenvalue weighted by Crippen LogP contribution is 2.32. The van der Waals surface area contributed by atoms with Gasteiger partial charge in [-0.05, 0) is 83.6 Å². The molecule has 0 aliphatic rings. The van der Waals surface area contributed by atoms with Crippen LogP contribution in [0.15, 0.2) is 75.9 Å². The molecule has 0 fully saturated rings. The Morgan fingerprint density at radius 3 is 2.48 bits per heavy atom. The number of hydrogen-bond acceptors (Lipinski definition) is 4. The fourth-order valence-electron chi connectivity index (χ4n) is 2.94. The van der Waals surface area contributed by atoms with Gasteiger partial charge in [-0.25, -0.2) is 4.79 Å². The van der Waals surface area contributed by atoms with Crippen LogP contribution in [0.5, 0.6) is 5.75 Å². The zero-order chi connectivity index (χ0) is 20.5. The van der Waals surface area contributed by atoms with Crippen LogP contribution in [0.25, 0.3) is 22.3 Å². The Morgan fingerprint density at radius 2 is 1.76 bits per heavy atom. The molecule has 3 aromatic carbocycles. The minimum atomic E-state index is -0.621. The van der Waals surface area contributed by atoms with Gasteiger partial charge in [0.2, 0.25) is 11.2 Å². The number of halogens is 2. The zero-order valence-corrected chi connectivity index (χ0v) is 18.2. The van der Waals surface area contributed by atoms with Crippen LogP contribution in [0, 0.1) is 10.5 Å². The Hall–Kier alpha value is -2.64. The van der Waals surface area contributed by atoms with Crippen molar-refractivity contribution in [2.75, 3.05) is 0 Å². The van der Waals surface area contributed by atoms with Gasteiger partial charge in [0.1, 0.15) is 5.58 Å². The zero-order valence-electron chi connectivity index (χ0n) is 15.2. The lowest BCUT2D eigenvalue weighted by atomic mass is 10.1. The molecule has 4 aromatic rings. The fraction of sp³-hybridized carbons (Fsp3) is 0.0435. The monoisotopic (exact) mass is 516 g/mol. The Labute approximate surface area is 185 Å². The average molecular weight is 517 g/mol. The highest BCUT2D eigenvalue weighted by Gasteiger charge is 2.22. The lowest BCUT2D eigenvalue weighted by Crippen LogP contribution is -2.17. The number of rotatable bonds is 3. The summed E-state index contributed by atoms with van der Waals surface area (Å²) in [6.45, 7) is 1.91. The van der Waals surface area contributed by atoms with Gasteiger partial charge >= 0.3 is 5.97 Å². The van der Waals surface area contributed by atoms with E-state index >= 15 is 0 Å². The molecule has 4 rings (SSSR count). The van der Waals surface area contributed by atoms with Gasteiger partial charge in [0.15, 0.2) is 5.76 Å². The molecular weight excluding hydrogens is 503 g/mol. The molecule has 0 saturated carbocycles. The molecule has 0 bridgehead atoms. The molecule has 6 heteroatoms. The van der Waals surface area contributed by atoms with Gasteiger partial charge in [0.25, 0.3) is 0 Å². The smallest absolute Gasteiger partial charge is 0.344 e. The summed E-state index contributed by atoms with van der Waals surface area (Å²) in [6.07, 6.45) is 0. The predicted octanol–water partition coefficient (Wildman–Crippen LogP) is 6.25. The van der Waals surface area contributed by atoms with Crippen LogP contribution >= 0.6 is 34.2 Å². The van der Waals surface area contributed by atoms with Crippen LogP contribution in [-0.4, -0.2) is 5.97 Å². The summed E-state index contributed by atoms with van der Waals surface area (Å²) in [5.41, 5.74) is 1.93. The third-order valence-corrected chi connectivity index (χ3v) is 5.59. The van der Waals surface area contributed by atoms with E-state index in [4.69, 9.17) is 20.8 Å². The number of fused-ring (bicyclic) bond motifs is 1. The molecule has 0 radical (unpaired) electrons. The second-order valence-electron chi connectivity index (χ2n) is 6.47. The highest BCUT2D eigenvalue weighted by molar-refractivity contribution is 14.1. The van der Waals surface area contributed by atoms with Crippen LogP contribution in [0.1, 0.15) is 15.9 Å². The largest absolute Gasteiger partial charge is 0.452 e. The maximum Gasteiger partial charge on any atom is 0.344 e. The van der Waals surface area contributed by atoms with E-state index in [9.17, 15) is 9.59 Å². The van der Waals surface area contributed by atoms with Crippen LogP contribution in [0.4, 0.5) is 0 Å². The third-order valence-electron chi connectivity index (χ3n) is 4.40. The SMILES string of the molecule is Cc1ccc2c(=O)c(OC(=O)c3ccccc3I)c(-c3ccc(Cl)cc3)oc2c1. The van der Waals surface area contributed by atoms with E-state index in [-0.39, 0.29) is 11.5 Å². The highest BCUT2D eigenvalue weighted by atomic mass is 127. The normalized spacial score (nSPS) is 10.9. The molecule has 0 N–H and O–H groups in total. The van der Waals surface area contributed by atoms with Crippen LogP contribution < -0.4 is 10.2 Å². The van der Waals surface area contributed by atoms with Crippen LogP contribution in [-0.2, 0) is 0 Å². The molecule has 1 heterocycles. The van der Waals surface area contributed by atoms with Crippen molar-refractivity contribution in [3.8, 4) is 17.1 Å². The van der Waals surface area contributed by atoms with Gasteiger partial charge in [-0.15, -0.1) is 0 Å². The molecule has 1 aromatic heterocycles. The first-order valence-electron chi connectivity index (χ1n) is 8.74. The second kappa shape index (κ2) is 8.00. The average Bonchev–Trinajstić information content (AvgIpc) is 2.70. The molecule has 144 valence electrons. The first-order chi connectivity index (χ1) is 13.9. The van der Waals surface area contributed by atoms with Gasteiger partial charge in [0.05, 0.1) is 10.9 Å². The topological polar surface area (TPSA) is 56.5 Å². The number of ether oxygens (including phenoxy) is 1. The summed E-state index contributed by atoms with van der Waals surface area (Å²) < 4.78 is 12.3. The second-order valence-corrected chi connectivity index (χ2v) is 8.06. The van der Waals surface area contributed by atoms with Crippen LogP contribution in [0.3, 0.4) is 0 Å². The maximum atomic E-state index is 13.2. The van der Waals surface area contributed by atoms with Gasteiger partial charge < -0.3 is 9.15 Å². The summed E-state index contributed by atoms with van der Waals surface area (Å²) in [6, 6.07) is 19.1. The number of hydrogen-bond donors (Lipinski definition) is 0. The van der Waals surface area contributed by atoms with Crippen molar-refractivity contribution in [2.45, 2.75) is 6.92 Å². The summed E-state index contributed by atoms with van der Waals surface area (Å²) in [5, 5.41) is 0.893. The first-order valence-corrected chi connectivity index (χ1v) is 10.2. The molecule has 4 nitrogen and oxygen atoms in total. The summed E-state index contributed by atoms with van der Waals surface area (Å²) in [4.78, 5) is 26.0. The van der Waals surface area contributed by atoms with E-state index < -0.39 is 11.4 Å². The summed E-state index contributed by atoms with van der Waals surface area (Å²) in [5.74, 6) is -0.582. The molecule has 0 aliphatic carbocycles. The lowest BCUT2D eigenvalue weighted by Gasteiger charge is -2.11. The minimum Gasteiger partial charge on any atom is -0.452 e. The quantitative estimate of drug-likeness (QED) is 0.239. The van der Waals surface area contributed by atoms with E-state index in [1.165, 1.54) is 0 Å². The molecule has 0 atom stereocenters. The Bertz CT molecular complexity index is 1290. The van der Waals surface area contributed by atoms with Crippen molar-refractivity contribution in [3.63, 3.8) is 0 Å². The number of benzene rings is 3. The molecule has 0 aliphatic heterocycles. The standard InChI is InChI=1S/C23H14ClIO4/c1-13-6-11-17-19(12-13)28-21(14-7-9-15(24)10-8-14)22(20(17)26)29-23(27)16-4-2-3-5-18(16)25/h2-12H,1H3. The van der Waals surface area contributed by atoms with E-state index in [2.05, 4.69) is 22.6 Å². The molecular formula is C23H14ClIO4. The third kappa shape index (κ3) is 3.93. The maximum absolute atomic E-state index is 13.2. The van der Waals surface area contributed by atoms with Gasteiger partial charge in [-0.2, -0.15) is 0 Å². The summed E-state index contributed by atoms with van der Waals surface area (Å²) in [7, 11) is 0. The van der Waals surface area contributed by atoms with Crippen molar-refractivity contribution >= 4 is 51.1 Å². The van der Waals surface area contributed by atoms with Gasteiger partial charge in [0, 0.05) is 14.2 Å². The number of aryl methyl sites for hydroxylation is 1. The predicted molar refractivity (Wildman–Crippen MR) is 122 cm³/mol. The molecule has 0 amide bonds. The molecule has 29 heavy (non-hydrogen) atoms. The molecule has 0 unspecified atom stereocenters. The van der Waals surface area contributed by atoms with Crippen molar-refractivity contribution in [2.24, 2.45) is 0 Å².